The number of rotatable bonds is 5. The number of nitrogens with one attached hydrogen (secondary N) is 1. The van der Waals surface area contributed by atoms with Crippen molar-refractivity contribution in [3.05, 3.63) is 52.8 Å². The van der Waals surface area contributed by atoms with Gasteiger partial charge in [-0.1, -0.05) is 43.4 Å². The summed E-state index contributed by atoms with van der Waals surface area (Å²) < 4.78 is 7.30. The molecule has 27 heavy (non-hydrogen) atoms. The molecule has 140 valence electrons. The monoisotopic (exact) mass is 383 g/mol. The lowest BCUT2D eigenvalue weighted by molar-refractivity contribution is 0.101. The van der Waals surface area contributed by atoms with E-state index >= 15 is 0 Å². The molecule has 3 aromatic rings. The maximum atomic E-state index is 12.9. The highest BCUT2D eigenvalue weighted by atomic mass is 32.1. The van der Waals surface area contributed by atoms with Crippen molar-refractivity contribution >= 4 is 22.4 Å². The third kappa shape index (κ3) is 3.77. The van der Waals surface area contributed by atoms with Gasteiger partial charge in [-0.15, -0.1) is 10.2 Å². The molecule has 0 bridgehead atoms. The van der Waals surface area contributed by atoms with Gasteiger partial charge >= 0.3 is 0 Å². The highest BCUT2D eigenvalue weighted by molar-refractivity contribution is 7.15. The molecular formula is C19H21N5O2S. The largest absolute Gasteiger partial charge is 0.371 e. The molecular weight excluding hydrogens is 362 g/mol. The molecule has 1 saturated heterocycles. The number of hydrogen-bond acceptors (Lipinski definition) is 6. The Bertz CT molecular complexity index is 929. The molecule has 3 heterocycles. The normalized spacial score (nSPS) is 16.8. The van der Waals surface area contributed by atoms with Crippen LogP contribution in [0.4, 0.5) is 5.13 Å². The third-order valence-electron chi connectivity index (χ3n) is 4.42. The summed E-state index contributed by atoms with van der Waals surface area (Å²) >= 11 is 1.36. The van der Waals surface area contributed by atoms with E-state index in [0.29, 0.717) is 10.8 Å². The van der Waals surface area contributed by atoms with Crippen molar-refractivity contribution in [3.8, 4) is 5.69 Å². The topological polar surface area (TPSA) is 81.9 Å². The van der Waals surface area contributed by atoms with Gasteiger partial charge in [0.2, 0.25) is 5.13 Å². The first-order chi connectivity index (χ1) is 13.1. The van der Waals surface area contributed by atoms with Gasteiger partial charge in [-0.3, -0.25) is 10.1 Å². The summed E-state index contributed by atoms with van der Waals surface area (Å²) in [5.41, 5.74) is 2.17. The molecule has 4 rings (SSSR count). The zero-order valence-corrected chi connectivity index (χ0v) is 16.1. The summed E-state index contributed by atoms with van der Waals surface area (Å²) in [7, 11) is 0. The summed E-state index contributed by atoms with van der Waals surface area (Å²) in [5.74, 6) is -0.0394. The minimum Gasteiger partial charge on any atom is -0.371 e. The Balaban J connectivity index is 1.59. The van der Waals surface area contributed by atoms with Crippen LogP contribution in [0.2, 0.25) is 0 Å². The summed E-state index contributed by atoms with van der Waals surface area (Å²) in [6.07, 6.45) is 1.97. The van der Waals surface area contributed by atoms with E-state index in [2.05, 4.69) is 34.5 Å². The molecule has 1 aliphatic heterocycles. The Labute approximate surface area is 161 Å². The van der Waals surface area contributed by atoms with E-state index < -0.39 is 0 Å². The van der Waals surface area contributed by atoms with Gasteiger partial charge < -0.3 is 4.74 Å². The highest BCUT2D eigenvalue weighted by Gasteiger charge is 2.24. The SMILES string of the molecule is CC(C)c1cc(C(=O)Nc2nnc([C@@H]3CCCO3)s2)n(-c2ccccc2)n1. The number of ether oxygens (including phenoxy) is 1. The molecule has 1 amide bonds. The van der Waals surface area contributed by atoms with Crippen molar-refractivity contribution in [2.24, 2.45) is 0 Å². The van der Waals surface area contributed by atoms with Gasteiger partial charge in [-0.05, 0) is 37.0 Å². The van der Waals surface area contributed by atoms with Crippen LogP contribution in [0.25, 0.3) is 5.69 Å². The second kappa shape index (κ2) is 7.58. The van der Waals surface area contributed by atoms with E-state index in [1.165, 1.54) is 11.3 Å². The lowest BCUT2D eigenvalue weighted by Crippen LogP contribution is -2.16. The molecule has 1 atom stereocenters. The van der Waals surface area contributed by atoms with Crippen LogP contribution in [0, 0.1) is 0 Å². The van der Waals surface area contributed by atoms with Crippen LogP contribution >= 0.6 is 11.3 Å². The van der Waals surface area contributed by atoms with Crippen molar-refractivity contribution in [1.29, 1.82) is 0 Å². The number of carbonyl (C=O) groups is 1. The molecule has 0 saturated carbocycles. The molecule has 1 aliphatic rings. The number of amides is 1. The fourth-order valence-electron chi connectivity index (χ4n) is 2.96. The van der Waals surface area contributed by atoms with Crippen LogP contribution < -0.4 is 5.32 Å². The molecule has 2 aromatic heterocycles. The Hall–Kier alpha value is -2.58. The second-order valence-corrected chi connectivity index (χ2v) is 7.77. The fourth-order valence-corrected chi connectivity index (χ4v) is 3.78. The first-order valence-electron chi connectivity index (χ1n) is 9.03. The Morgan fingerprint density at radius 3 is 2.81 bits per heavy atom. The van der Waals surface area contributed by atoms with Crippen LogP contribution in [-0.4, -0.2) is 32.5 Å². The molecule has 1 fully saturated rings. The quantitative estimate of drug-likeness (QED) is 0.721. The number of aromatic nitrogens is 4. The average Bonchev–Trinajstić information content (AvgIpc) is 3.42. The number of hydrogen-bond donors (Lipinski definition) is 1. The van der Waals surface area contributed by atoms with E-state index in [1.807, 2.05) is 36.4 Å². The standard InChI is InChI=1S/C19H21N5O2S/c1-12(2)14-11-15(24(23-14)13-7-4-3-5-8-13)17(25)20-19-22-21-18(27-19)16-9-6-10-26-16/h3-5,7-8,11-12,16H,6,9-10H2,1-2H3,(H,20,22,25)/t16-/m0/s1. The van der Waals surface area contributed by atoms with E-state index in [1.54, 1.807) is 4.68 Å². The zero-order chi connectivity index (χ0) is 18.8. The maximum Gasteiger partial charge on any atom is 0.276 e. The molecule has 0 radical (unpaired) electrons. The molecule has 7 nitrogen and oxygen atoms in total. The Morgan fingerprint density at radius 2 is 2.11 bits per heavy atom. The lowest BCUT2D eigenvalue weighted by Gasteiger charge is -2.06. The van der Waals surface area contributed by atoms with Gasteiger partial charge in [0.1, 0.15) is 16.8 Å². The number of benzene rings is 1. The zero-order valence-electron chi connectivity index (χ0n) is 15.3. The van der Waals surface area contributed by atoms with Crippen molar-refractivity contribution < 1.29 is 9.53 Å². The van der Waals surface area contributed by atoms with Crippen LogP contribution in [-0.2, 0) is 4.74 Å². The molecule has 0 unspecified atom stereocenters. The molecule has 1 aromatic carbocycles. The predicted octanol–water partition coefficient (Wildman–Crippen LogP) is 3.95. The maximum absolute atomic E-state index is 12.9. The second-order valence-electron chi connectivity index (χ2n) is 6.76. The van der Waals surface area contributed by atoms with Crippen LogP contribution in [0.3, 0.4) is 0 Å². The summed E-state index contributed by atoms with van der Waals surface area (Å²) in [4.78, 5) is 12.9. The smallest absolute Gasteiger partial charge is 0.276 e. The summed E-state index contributed by atoms with van der Waals surface area (Å²) in [6, 6.07) is 11.5. The van der Waals surface area contributed by atoms with Crippen molar-refractivity contribution in [1.82, 2.24) is 20.0 Å². The van der Waals surface area contributed by atoms with Crippen molar-refractivity contribution in [3.63, 3.8) is 0 Å². The van der Waals surface area contributed by atoms with Gasteiger partial charge in [-0.2, -0.15) is 5.10 Å². The van der Waals surface area contributed by atoms with Crippen LogP contribution in [0.5, 0.6) is 0 Å². The first-order valence-corrected chi connectivity index (χ1v) is 9.85. The lowest BCUT2D eigenvalue weighted by atomic mass is 10.1. The molecule has 1 N–H and O–H groups in total. The third-order valence-corrected chi connectivity index (χ3v) is 5.35. The van der Waals surface area contributed by atoms with Crippen LogP contribution in [0.1, 0.15) is 59.9 Å². The number of carbonyl (C=O) groups excluding carboxylic acids is 1. The van der Waals surface area contributed by atoms with E-state index in [-0.39, 0.29) is 17.9 Å². The Morgan fingerprint density at radius 1 is 1.30 bits per heavy atom. The van der Waals surface area contributed by atoms with Crippen LogP contribution in [0.15, 0.2) is 36.4 Å². The van der Waals surface area contributed by atoms with E-state index in [9.17, 15) is 4.79 Å². The fraction of sp³-hybridized carbons (Fsp3) is 0.368. The number of anilines is 1. The minimum atomic E-state index is -0.256. The molecule has 0 spiro atoms. The van der Waals surface area contributed by atoms with Gasteiger partial charge in [0.25, 0.3) is 5.91 Å². The molecule has 8 heteroatoms. The van der Waals surface area contributed by atoms with E-state index in [0.717, 1.165) is 35.8 Å². The van der Waals surface area contributed by atoms with Gasteiger partial charge in [0.15, 0.2) is 0 Å². The first kappa shape index (κ1) is 17.8. The minimum absolute atomic E-state index is 0.00413. The summed E-state index contributed by atoms with van der Waals surface area (Å²) in [5, 5.41) is 17.0. The summed E-state index contributed by atoms with van der Waals surface area (Å²) in [6.45, 7) is 4.86. The van der Waals surface area contributed by atoms with Gasteiger partial charge in [0, 0.05) is 6.61 Å². The van der Waals surface area contributed by atoms with Crippen molar-refractivity contribution in [2.45, 2.75) is 38.7 Å². The highest BCUT2D eigenvalue weighted by Crippen LogP contribution is 2.32. The molecule has 0 aliphatic carbocycles. The predicted molar refractivity (Wildman–Crippen MR) is 103 cm³/mol. The number of nitrogens with zero attached hydrogens (tertiary/aromatic N) is 4. The Kier molecular flexibility index (Phi) is 5.00. The average molecular weight is 383 g/mol. The van der Waals surface area contributed by atoms with Gasteiger partial charge in [-0.25, -0.2) is 4.68 Å². The number of para-hydroxylation sites is 1. The van der Waals surface area contributed by atoms with E-state index in [4.69, 9.17) is 4.74 Å². The van der Waals surface area contributed by atoms with Crippen molar-refractivity contribution in [2.75, 3.05) is 11.9 Å². The van der Waals surface area contributed by atoms with Gasteiger partial charge in [0.05, 0.1) is 11.4 Å².